The van der Waals surface area contributed by atoms with Crippen molar-refractivity contribution >= 4 is 11.9 Å². The third-order valence-corrected chi connectivity index (χ3v) is 3.68. The SMILES string of the molecule is C#CCCCCC(CCCCC#C)(C(=O)OCC)C(=O)OCC. The van der Waals surface area contributed by atoms with Crippen LogP contribution in [-0.4, -0.2) is 25.2 Å². The summed E-state index contributed by atoms with van der Waals surface area (Å²) in [6.45, 7) is 3.92. The lowest BCUT2D eigenvalue weighted by molar-refractivity contribution is -0.173. The molecule has 0 radical (unpaired) electrons. The molecule has 0 aliphatic heterocycles. The van der Waals surface area contributed by atoms with Gasteiger partial charge in [-0.3, -0.25) is 9.59 Å². The standard InChI is InChI=1S/C19H28O4/c1-5-9-11-13-15-19(17(20)22-7-3,18(21)23-8-4)16-14-12-10-6-2/h1-2H,7-16H2,3-4H3. The number of carbonyl (C=O) groups excluding carboxylic acids is 2. The zero-order chi connectivity index (χ0) is 17.6. The first-order chi connectivity index (χ1) is 11.1. The summed E-state index contributed by atoms with van der Waals surface area (Å²) in [5, 5.41) is 0. The van der Waals surface area contributed by atoms with Gasteiger partial charge in [0.2, 0.25) is 0 Å². The molecule has 0 saturated heterocycles. The summed E-state index contributed by atoms with van der Waals surface area (Å²) in [5.41, 5.74) is -1.24. The molecule has 0 rings (SSSR count). The number of terminal acetylenes is 2. The summed E-state index contributed by atoms with van der Waals surface area (Å²) in [7, 11) is 0. The van der Waals surface area contributed by atoms with Crippen LogP contribution in [0.3, 0.4) is 0 Å². The second-order valence-corrected chi connectivity index (χ2v) is 5.35. The minimum Gasteiger partial charge on any atom is -0.465 e. The van der Waals surface area contributed by atoms with Crippen LogP contribution < -0.4 is 0 Å². The average Bonchev–Trinajstić information content (AvgIpc) is 2.54. The highest BCUT2D eigenvalue weighted by Gasteiger charge is 2.47. The second-order valence-electron chi connectivity index (χ2n) is 5.35. The van der Waals surface area contributed by atoms with Crippen molar-refractivity contribution in [3.8, 4) is 24.7 Å². The number of ether oxygens (including phenoxy) is 2. The van der Waals surface area contributed by atoms with Gasteiger partial charge in [0.25, 0.3) is 0 Å². The number of rotatable bonds is 12. The normalized spacial score (nSPS) is 10.4. The van der Waals surface area contributed by atoms with Crippen molar-refractivity contribution in [2.24, 2.45) is 5.41 Å². The molecule has 0 aromatic heterocycles. The Hall–Kier alpha value is -1.94. The number of carbonyl (C=O) groups is 2. The molecular formula is C19H28O4. The second kappa shape index (κ2) is 12.6. The summed E-state index contributed by atoms with van der Waals surface area (Å²) in [5.74, 6) is 4.14. The van der Waals surface area contributed by atoms with Crippen molar-refractivity contribution in [2.45, 2.75) is 65.2 Å². The Bertz CT molecular complexity index is 397. The molecule has 0 N–H and O–H groups in total. The minimum absolute atomic E-state index is 0.231. The van der Waals surface area contributed by atoms with Crippen LogP contribution >= 0.6 is 0 Å². The molecule has 4 heteroatoms. The van der Waals surface area contributed by atoms with Crippen molar-refractivity contribution in [3.05, 3.63) is 0 Å². The Morgan fingerprint density at radius 1 is 0.826 bits per heavy atom. The Balaban J connectivity index is 5.17. The number of esters is 2. The first-order valence-electron chi connectivity index (χ1n) is 8.30. The molecule has 0 bridgehead atoms. The molecule has 0 aromatic rings. The number of unbranched alkanes of at least 4 members (excludes halogenated alkanes) is 4. The first kappa shape index (κ1) is 21.1. The molecule has 0 unspecified atom stereocenters. The van der Waals surface area contributed by atoms with E-state index in [9.17, 15) is 9.59 Å². The fourth-order valence-electron chi connectivity index (χ4n) is 2.46. The molecule has 0 fully saturated rings. The quantitative estimate of drug-likeness (QED) is 0.239. The maximum absolute atomic E-state index is 12.5. The van der Waals surface area contributed by atoms with Gasteiger partial charge in [0.1, 0.15) is 0 Å². The van der Waals surface area contributed by atoms with Crippen molar-refractivity contribution in [1.29, 1.82) is 0 Å². The lowest BCUT2D eigenvalue weighted by Gasteiger charge is -2.29. The van der Waals surface area contributed by atoms with Gasteiger partial charge in [0.15, 0.2) is 5.41 Å². The summed E-state index contributed by atoms with van der Waals surface area (Å²) >= 11 is 0. The van der Waals surface area contributed by atoms with Crippen molar-refractivity contribution in [2.75, 3.05) is 13.2 Å². The Morgan fingerprint density at radius 3 is 1.52 bits per heavy atom. The van der Waals surface area contributed by atoms with Gasteiger partial charge in [0, 0.05) is 12.8 Å². The van der Waals surface area contributed by atoms with Crippen molar-refractivity contribution < 1.29 is 19.1 Å². The molecule has 0 aromatic carbocycles. The van der Waals surface area contributed by atoms with Crippen molar-refractivity contribution in [1.82, 2.24) is 0 Å². The third-order valence-electron chi connectivity index (χ3n) is 3.68. The van der Waals surface area contributed by atoms with E-state index < -0.39 is 17.4 Å². The van der Waals surface area contributed by atoms with Crippen LogP contribution in [0, 0.1) is 30.1 Å². The predicted octanol–water partition coefficient (Wildman–Crippen LogP) is 3.49. The zero-order valence-corrected chi connectivity index (χ0v) is 14.4. The molecule has 0 saturated carbocycles. The molecule has 4 nitrogen and oxygen atoms in total. The van der Waals surface area contributed by atoms with Gasteiger partial charge < -0.3 is 9.47 Å². The van der Waals surface area contributed by atoms with E-state index in [0.29, 0.717) is 38.5 Å². The highest BCUT2D eigenvalue weighted by molar-refractivity contribution is 6.00. The van der Waals surface area contributed by atoms with Gasteiger partial charge >= 0.3 is 11.9 Å². The van der Waals surface area contributed by atoms with E-state index in [1.54, 1.807) is 13.8 Å². The zero-order valence-electron chi connectivity index (χ0n) is 14.4. The molecule has 128 valence electrons. The van der Waals surface area contributed by atoms with E-state index in [2.05, 4.69) is 11.8 Å². The molecule has 23 heavy (non-hydrogen) atoms. The van der Waals surface area contributed by atoms with Crippen LogP contribution in [0.15, 0.2) is 0 Å². The molecule has 0 aliphatic rings. The van der Waals surface area contributed by atoms with Crippen molar-refractivity contribution in [3.63, 3.8) is 0 Å². The molecule has 0 amide bonds. The van der Waals surface area contributed by atoms with E-state index >= 15 is 0 Å². The minimum atomic E-state index is -1.24. The van der Waals surface area contributed by atoms with Crippen LogP contribution in [0.4, 0.5) is 0 Å². The van der Waals surface area contributed by atoms with Crippen LogP contribution in [0.5, 0.6) is 0 Å². The summed E-state index contributed by atoms with van der Waals surface area (Å²) in [6, 6.07) is 0. The highest BCUT2D eigenvalue weighted by atomic mass is 16.6. The topological polar surface area (TPSA) is 52.6 Å². The molecule has 0 atom stereocenters. The lowest BCUT2D eigenvalue weighted by Crippen LogP contribution is -2.42. The summed E-state index contributed by atoms with van der Waals surface area (Å²) in [4.78, 5) is 25.0. The Morgan fingerprint density at radius 2 is 1.22 bits per heavy atom. The van der Waals surface area contributed by atoms with E-state index in [1.807, 2.05) is 0 Å². The fraction of sp³-hybridized carbons (Fsp3) is 0.684. The average molecular weight is 320 g/mol. The smallest absolute Gasteiger partial charge is 0.323 e. The van der Waals surface area contributed by atoms with Gasteiger partial charge in [-0.05, 0) is 39.5 Å². The van der Waals surface area contributed by atoms with Crippen LogP contribution in [-0.2, 0) is 19.1 Å². The first-order valence-corrected chi connectivity index (χ1v) is 8.30. The molecule has 0 spiro atoms. The van der Waals surface area contributed by atoms with E-state index in [-0.39, 0.29) is 13.2 Å². The molecule has 0 aliphatic carbocycles. The van der Waals surface area contributed by atoms with Gasteiger partial charge in [-0.25, -0.2) is 0 Å². The largest absolute Gasteiger partial charge is 0.465 e. The maximum Gasteiger partial charge on any atom is 0.323 e. The number of hydrogen-bond acceptors (Lipinski definition) is 4. The van der Waals surface area contributed by atoms with E-state index in [4.69, 9.17) is 22.3 Å². The maximum atomic E-state index is 12.5. The van der Waals surface area contributed by atoms with Gasteiger partial charge in [0.05, 0.1) is 13.2 Å². The van der Waals surface area contributed by atoms with E-state index in [1.165, 1.54) is 0 Å². The van der Waals surface area contributed by atoms with Gasteiger partial charge in [-0.15, -0.1) is 24.7 Å². The molecule has 0 heterocycles. The summed E-state index contributed by atoms with van der Waals surface area (Å²) < 4.78 is 10.3. The molecular weight excluding hydrogens is 292 g/mol. The monoisotopic (exact) mass is 320 g/mol. The third kappa shape index (κ3) is 7.24. The van der Waals surface area contributed by atoms with E-state index in [0.717, 1.165) is 12.8 Å². The van der Waals surface area contributed by atoms with Gasteiger partial charge in [-0.2, -0.15) is 0 Å². The highest BCUT2D eigenvalue weighted by Crippen LogP contribution is 2.35. The number of hydrogen-bond donors (Lipinski definition) is 0. The fourth-order valence-corrected chi connectivity index (χ4v) is 2.46. The van der Waals surface area contributed by atoms with Gasteiger partial charge in [-0.1, -0.05) is 12.8 Å². The summed E-state index contributed by atoms with van der Waals surface area (Å²) in [6.07, 6.45) is 15.4. The Kier molecular flexibility index (Phi) is 11.5. The van der Waals surface area contributed by atoms with Crippen LogP contribution in [0.2, 0.25) is 0 Å². The predicted molar refractivity (Wildman–Crippen MR) is 90.3 cm³/mol. The van der Waals surface area contributed by atoms with Crippen LogP contribution in [0.25, 0.3) is 0 Å². The van der Waals surface area contributed by atoms with Crippen LogP contribution in [0.1, 0.15) is 65.2 Å². The lowest BCUT2D eigenvalue weighted by atomic mass is 9.77. The Labute approximate surface area is 140 Å².